The number of benzene rings is 3. The van der Waals surface area contributed by atoms with Gasteiger partial charge in [0.2, 0.25) is 0 Å². The van der Waals surface area contributed by atoms with Crippen molar-refractivity contribution in [2.45, 2.75) is 51.3 Å². The van der Waals surface area contributed by atoms with Gasteiger partial charge in [-0.3, -0.25) is 0 Å². The van der Waals surface area contributed by atoms with Crippen LogP contribution in [-0.2, 0) is 11.8 Å². The highest BCUT2D eigenvalue weighted by atomic mass is 31.1. The predicted octanol–water partition coefficient (Wildman–Crippen LogP) is 6.89. The standard InChI is InChI=1S/C29H36NO2P/c1-4-29(2,33-27-19-10-9-17-25(27)30-20-11-6-12-21-30)24-16-13-18-26(31-3)28(24)32-22-23-14-7-5-8-15-23/h5,7-10,13-19,33H,4,6,11-12,20-22H2,1-3H3. The van der Waals surface area contributed by atoms with Crippen molar-refractivity contribution < 1.29 is 9.47 Å². The van der Waals surface area contributed by atoms with Crippen LogP contribution >= 0.6 is 8.58 Å². The van der Waals surface area contributed by atoms with E-state index >= 15 is 0 Å². The van der Waals surface area contributed by atoms with Crippen molar-refractivity contribution >= 4 is 19.6 Å². The van der Waals surface area contributed by atoms with Crippen LogP contribution in [0.4, 0.5) is 5.69 Å². The Kier molecular flexibility index (Phi) is 7.93. The van der Waals surface area contributed by atoms with Crippen LogP contribution in [0.2, 0.25) is 0 Å². The lowest BCUT2D eigenvalue weighted by Gasteiger charge is -2.35. The van der Waals surface area contributed by atoms with E-state index in [1.807, 2.05) is 12.1 Å². The maximum atomic E-state index is 6.45. The molecular formula is C29H36NO2P. The van der Waals surface area contributed by atoms with Gasteiger partial charge in [0.25, 0.3) is 0 Å². The van der Waals surface area contributed by atoms with E-state index in [0.717, 1.165) is 36.6 Å². The average Bonchev–Trinajstić information content (AvgIpc) is 2.88. The molecule has 0 radical (unpaired) electrons. The molecule has 0 spiro atoms. The lowest BCUT2D eigenvalue weighted by Crippen LogP contribution is -2.33. The number of piperidine rings is 1. The molecule has 4 rings (SSSR count). The first-order valence-electron chi connectivity index (χ1n) is 12.1. The lowest BCUT2D eigenvalue weighted by atomic mass is 9.96. The molecule has 0 aromatic heterocycles. The molecule has 3 nitrogen and oxygen atoms in total. The van der Waals surface area contributed by atoms with Gasteiger partial charge in [-0.1, -0.05) is 83.1 Å². The van der Waals surface area contributed by atoms with Crippen molar-refractivity contribution in [3.8, 4) is 11.5 Å². The molecule has 0 bridgehead atoms. The maximum absolute atomic E-state index is 6.45. The zero-order valence-electron chi connectivity index (χ0n) is 20.1. The molecule has 1 fully saturated rings. The molecule has 1 aliphatic heterocycles. The van der Waals surface area contributed by atoms with E-state index < -0.39 is 0 Å². The number of hydrogen-bond acceptors (Lipinski definition) is 3. The summed E-state index contributed by atoms with van der Waals surface area (Å²) in [7, 11) is 2.36. The third-order valence-corrected chi connectivity index (χ3v) is 8.60. The molecular weight excluding hydrogens is 425 g/mol. The highest BCUT2D eigenvalue weighted by Gasteiger charge is 2.31. The minimum Gasteiger partial charge on any atom is -0.493 e. The van der Waals surface area contributed by atoms with E-state index in [9.17, 15) is 0 Å². The van der Waals surface area contributed by atoms with Crippen LogP contribution in [0.25, 0.3) is 0 Å². The van der Waals surface area contributed by atoms with Gasteiger partial charge in [0.1, 0.15) is 6.61 Å². The van der Waals surface area contributed by atoms with E-state index in [-0.39, 0.29) is 5.16 Å². The molecule has 1 heterocycles. The second-order valence-corrected chi connectivity index (χ2v) is 10.9. The number of hydrogen-bond donors (Lipinski definition) is 0. The number of anilines is 1. The maximum Gasteiger partial charge on any atom is 0.165 e. The van der Waals surface area contributed by atoms with Crippen molar-refractivity contribution in [1.82, 2.24) is 0 Å². The summed E-state index contributed by atoms with van der Waals surface area (Å²) in [5.41, 5.74) is 3.79. The summed E-state index contributed by atoms with van der Waals surface area (Å²) in [5.74, 6) is 1.67. The van der Waals surface area contributed by atoms with Gasteiger partial charge < -0.3 is 14.4 Å². The van der Waals surface area contributed by atoms with Crippen molar-refractivity contribution in [1.29, 1.82) is 0 Å². The summed E-state index contributed by atoms with van der Waals surface area (Å²) in [6.07, 6.45) is 4.94. The molecule has 4 heteroatoms. The van der Waals surface area contributed by atoms with Crippen LogP contribution in [0, 0.1) is 0 Å². The number of nitrogens with zero attached hydrogens (tertiary/aromatic N) is 1. The van der Waals surface area contributed by atoms with Crippen molar-refractivity contribution in [2.24, 2.45) is 0 Å². The minimum absolute atomic E-state index is 0.0492. The molecule has 174 valence electrons. The molecule has 2 unspecified atom stereocenters. The molecule has 0 aliphatic carbocycles. The molecule has 3 aromatic rings. The second-order valence-electron chi connectivity index (χ2n) is 8.99. The molecule has 0 saturated carbocycles. The normalized spacial score (nSPS) is 16.0. The summed E-state index contributed by atoms with van der Waals surface area (Å²) in [6, 6.07) is 25.7. The average molecular weight is 462 g/mol. The highest BCUT2D eigenvalue weighted by molar-refractivity contribution is 7.49. The minimum atomic E-state index is -0.0492. The van der Waals surface area contributed by atoms with E-state index in [1.165, 1.54) is 35.8 Å². The smallest absolute Gasteiger partial charge is 0.165 e. The third-order valence-electron chi connectivity index (χ3n) is 6.74. The van der Waals surface area contributed by atoms with Gasteiger partial charge in [0.05, 0.1) is 7.11 Å². The summed E-state index contributed by atoms with van der Waals surface area (Å²) in [5, 5.41) is 1.40. The molecule has 1 saturated heterocycles. The quantitative estimate of drug-likeness (QED) is 0.324. The molecule has 0 amide bonds. The van der Waals surface area contributed by atoms with Crippen molar-refractivity contribution in [3.63, 3.8) is 0 Å². The van der Waals surface area contributed by atoms with Gasteiger partial charge >= 0.3 is 0 Å². The largest absolute Gasteiger partial charge is 0.493 e. The monoisotopic (exact) mass is 461 g/mol. The zero-order valence-corrected chi connectivity index (χ0v) is 21.1. The Morgan fingerprint density at radius 1 is 0.879 bits per heavy atom. The fourth-order valence-corrected chi connectivity index (χ4v) is 6.27. The molecule has 3 aromatic carbocycles. The Balaban J connectivity index is 1.67. The third kappa shape index (κ3) is 5.53. The van der Waals surface area contributed by atoms with Gasteiger partial charge in [0.15, 0.2) is 11.5 Å². The fourth-order valence-electron chi connectivity index (χ4n) is 4.62. The van der Waals surface area contributed by atoms with Crippen LogP contribution in [0.15, 0.2) is 72.8 Å². The van der Waals surface area contributed by atoms with Gasteiger partial charge in [-0.2, -0.15) is 0 Å². The van der Waals surface area contributed by atoms with Crippen LogP contribution < -0.4 is 19.7 Å². The Labute approximate surface area is 200 Å². The fraction of sp³-hybridized carbons (Fsp3) is 0.379. The molecule has 0 N–H and O–H groups in total. The summed E-state index contributed by atoms with van der Waals surface area (Å²) < 4.78 is 12.2. The number of methoxy groups -OCH3 is 1. The van der Waals surface area contributed by atoms with Gasteiger partial charge in [0, 0.05) is 29.5 Å². The summed E-state index contributed by atoms with van der Waals surface area (Å²) in [6.45, 7) is 7.52. The van der Waals surface area contributed by atoms with E-state index in [4.69, 9.17) is 9.47 Å². The summed E-state index contributed by atoms with van der Waals surface area (Å²) >= 11 is 0. The number of rotatable bonds is 9. The Bertz CT molecular complexity index is 1030. The second kappa shape index (κ2) is 11.1. The molecule has 33 heavy (non-hydrogen) atoms. The Morgan fingerprint density at radius 3 is 2.33 bits per heavy atom. The van der Waals surface area contributed by atoms with Gasteiger partial charge in [-0.05, 0) is 48.7 Å². The first-order valence-corrected chi connectivity index (χ1v) is 13.1. The van der Waals surface area contributed by atoms with Crippen LogP contribution in [-0.4, -0.2) is 20.2 Å². The van der Waals surface area contributed by atoms with Gasteiger partial charge in [-0.15, -0.1) is 0 Å². The topological polar surface area (TPSA) is 21.7 Å². The van der Waals surface area contributed by atoms with Crippen LogP contribution in [0.5, 0.6) is 11.5 Å². The number of ether oxygens (including phenoxy) is 2. The van der Waals surface area contributed by atoms with Crippen LogP contribution in [0.3, 0.4) is 0 Å². The highest BCUT2D eigenvalue weighted by Crippen LogP contribution is 2.50. The first-order chi connectivity index (χ1) is 16.1. The van der Waals surface area contributed by atoms with Crippen LogP contribution in [0.1, 0.15) is 50.7 Å². The zero-order chi connectivity index (χ0) is 23.1. The predicted molar refractivity (Wildman–Crippen MR) is 142 cm³/mol. The first kappa shape index (κ1) is 23.6. The SMILES string of the molecule is CCC(C)(Pc1ccccc1N1CCCCC1)c1cccc(OC)c1OCc1ccccc1. The van der Waals surface area contributed by atoms with Crippen molar-refractivity contribution in [3.05, 3.63) is 83.9 Å². The van der Waals surface area contributed by atoms with Gasteiger partial charge in [-0.25, -0.2) is 0 Å². The molecule has 1 aliphatic rings. The lowest BCUT2D eigenvalue weighted by molar-refractivity contribution is 0.278. The summed E-state index contributed by atoms with van der Waals surface area (Å²) in [4.78, 5) is 2.58. The molecule has 2 atom stereocenters. The Morgan fingerprint density at radius 2 is 1.61 bits per heavy atom. The number of para-hydroxylation sites is 2. The van der Waals surface area contributed by atoms with E-state index in [2.05, 4.69) is 79.4 Å². The van der Waals surface area contributed by atoms with Crippen molar-refractivity contribution in [2.75, 3.05) is 25.1 Å². The van der Waals surface area contributed by atoms with E-state index in [0.29, 0.717) is 15.2 Å². The Hall–Kier alpha value is -2.51. The van der Waals surface area contributed by atoms with E-state index in [1.54, 1.807) is 7.11 Å².